The van der Waals surface area contributed by atoms with Crippen molar-refractivity contribution in [2.45, 2.75) is 71.6 Å². The molecule has 266 valence electrons. The van der Waals surface area contributed by atoms with Gasteiger partial charge >= 0.3 is 0 Å². The van der Waals surface area contributed by atoms with Crippen LogP contribution in [0.1, 0.15) is 105 Å². The summed E-state index contributed by atoms with van der Waals surface area (Å²) in [6, 6.07) is 54.3. The SMILES string of the molecule is CC1=C(c2ccc(N(c3ccc(C4=Cc5ccccc5C4(C)C)cc3)c3ccc(C4=C(C)c5ccccc5C4(C)C)cc3)cc2)C(C)(C)c2ccccc21. The molecule has 3 aliphatic carbocycles. The third-order valence-corrected chi connectivity index (χ3v) is 12.9. The maximum atomic E-state index is 2.41. The maximum Gasteiger partial charge on any atom is 0.0462 e. The molecule has 0 aromatic heterocycles. The Morgan fingerprint density at radius 1 is 0.370 bits per heavy atom. The van der Waals surface area contributed by atoms with Gasteiger partial charge in [-0.25, -0.2) is 0 Å². The Kier molecular flexibility index (Phi) is 7.70. The molecule has 1 heteroatoms. The van der Waals surface area contributed by atoms with E-state index in [1.54, 1.807) is 0 Å². The fraction of sp³-hybridized carbons (Fsp3) is 0.208. The van der Waals surface area contributed by atoms with Crippen molar-refractivity contribution in [2.24, 2.45) is 0 Å². The first-order valence-corrected chi connectivity index (χ1v) is 19.4. The highest BCUT2D eigenvalue weighted by Crippen LogP contribution is 2.53. The van der Waals surface area contributed by atoms with Gasteiger partial charge in [0.05, 0.1) is 0 Å². The number of hydrogen-bond acceptors (Lipinski definition) is 1. The van der Waals surface area contributed by atoms with Crippen LogP contribution in [0, 0.1) is 0 Å². The number of hydrogen-bond donors (Lipinski definition) is 0. The predicted molar refractivity (Wildman–Crippen MR) is 232 cm³/mol. The summed E-state index contributed by atoms with van der Waals surface area (Å²) < 4.78 is 0. The standard InChI is InChI=1S/C53H49N/c1-34-43-16-10-13-19-46(43)52(5,6)49(34)37-23-29-41(30-24-37)54(40-27-21-36(22-28-40)48-33-39-15-9-12-18-45(39)51(48,3)4)42-31-25-38(26-32-42)50-35(2)44-17-11-14-20-47(44)53(50,7)8/h9-33H,1-8H3. The van der Waals surface area contributed by atoms with Crippen molar-refractivity contribution in [3.63, 3.8) is 0 Å². The number of anilines is 3. The van der Waals surface area contributed by atoms with Crippen molar-refractivity contribution in [2.75, 3.05) is 4.90 Å². The van der Waals surface area contributed by atoms with Gasteiger partial charge in [-0.3, -0.25) is 0 Å². The van der Waals surface area contributed by atoms with E-state index >= 15 is 0 Å². The van der Waals surface area contributed by atoms with Crippen LogP contribution in [0.25, 0.3) is 33.9 Å². The van der Waals surface area contributed by atoms with Crippen LogP contribution in [0.4, 0.5) is 17.1 Å². The van der Waals surface area contributed by atoms with Gasteiger partial charge in [0, 0.05) is 33.3 Å². The quantitative estimate of drug-likeness (QED) is 0.167. The minimum absolute atomic E-state index is 0.0512. The van der Waals surface area contributed by atoms with Gasteiger partial charge in [-0.05, 0) is 134 Å². The van der Waals surface area contributed by atoms with Gasteiger partial charge in [0.1, 0.15) is 0 Å². The normalized spacial score (nSPS) is 17.3. The molecule has 0 aliphatic heterocycles. The van der Waals surface area contributed by atoms with Crippen LogP contribution >= 0.6 is 0 Å². The average Bonchev–Trinajstić information content (AvgIpc) is 3.66. The van der Waals surface area contributed by atoms with E-state index in [1.165, 1.54) is 77.9 Å². The minimum atomic E-state index is -0.0591. The molecule has 0 bridgehead atoms. The largest absolute Gasteiger partial charge is 0.311 e. The highest BCUT2D eigenvalue weighted by molar-refractivity contribution is 6.02. The molecule has 0 atom stereocenters. The highest BCUT2D eigenvalue weighted by Gasteiger charge is 2.38. The monoisotopic (exact) mass is 699 g/mol. The van der Waals surface area contributed by atoms with Gasteiger partial charge in [-0.15, -0.1) is 0 Å². The Labute approximate surface area is 322 Å². The lowest BCUT2D eigenvalue weighted by Crippen LogP contribution is -2.17. The Bertz CT molecular complexity index is 2430. The molecule has 6 aromatic rings. The van der Waals surface area contributed by atoms with Crippen LogP contribution in [-0.4, -0.2) is 0 Å². The van der Waals surface area contributed by atoms with Crippen molar-refractivity contribution in [1.82, 2.24) is 0 Å². The molecule has 0 N–H and O–H groups in total. The molecule has 0 unspecified atom stereocenters. The van der Waals surface area contributed by atoms with E-state index in [-0.39, 0.29) is 16.2 Å². The molecule has 0 heterocycles. The Morgan fingerprint density at radius 2 is 0.741 bits per heavy atom. The van der Waals surface area contributed by atoms with E-state index in [1.807, 2.05) is 0 Å². The molecule has 0 amide bonds. The lowest BCUT2D eigenvalue weighted by Gasteiger charge is -2.29. The third kappa shape index (κ3) is 5.05. The summed E-state index contributed by atoms with van der Waals surface area (Å²) in [6.07, 6.45) is 2.37. The lowest BCUT2D eigenvalue weighted by atomic mass is 9.78. The molecule has 54 heavy (non-hydrogen) atoms. The first-order valence-electron chi connectivity index (χ1n) is 19.4. The van der Waals surface area contributed by atoms with Crippen LogP contribution in [0.5, 0.6) is 0 Å². The second kappa shape index (κ2) is 12.2. The van der Waals surface area contributed by atoms with Gasteiger partial charge in [-0.2, -0.15) is 0 Å². The molecule has 1 nitrogen and oxygen atoms in total. The molecule has 0 saturated carbocycles. The second-order valence-electron chi connectivity index (χ2n) is 17.1. The van der Waals surface area contributed by atoms with Gasteiger partial charge in [0.25, 0.3) is 0 Å². The van der Waals surface area contributed by atoms with Crippen molar-refractivity contribution < 1.29 is 0 Å². The zero-order valence-electron chi connectivity index (χ0n) is 32.9. The van der Waals surface area contributed by atoms with E-state index in [9.17, 15) is 0 Å². The van der Waals surface area contributed by atoms with Crippen LogP contribution < -0.4 is 4.90 Å². The smallest absolute Gasteiger partial charge is 0.0462 e. The highest BCUT2D eigenvalue weighted by atomic mass is 15.1. The van der Waals surface area contributed by atoms with E-state index in [4.69, 9.17) is 0 Å². The van der Waals surface area contributed by atoms with Crippen molar-refractivity contribution in [3.8, 4) is 0 Å². The summed E-state index contributed by atoms with van der Waals surface area (Å²) in [5.41, 5.74) is 22.3. The van der Waals surface area contributed by atoms with E-state index in [2.05, 4.69) is 212 Å². The van der Waals surface area contributed by atoms with Crippen LogP contribution in [-0.2, 0) is 16.2 Å². The first kappa shape index (κ1) is 34.1. The van der Waals surface area contributed by atoms with Crippen LogP contribution in [0.15, 0.2) is 146 Å². The summed E-state index contributed by atoms with van der Waals surface area (Å²) in [5.74, 6) is 0. The minimum Gasteiger partial charge on any atom is -0.311 e. The number of fused-ring (bicyclic) bond motifs is 3. The topological polar surface area (TPSA) is 3.24 Å². The summed E-state index contributed by atoms with van der Waals surface area (Å²) in [6.45, 7) is 18.7. The molecular formula is C53H49N. The number of benzene rings is 6. The Morgan fingerprint density at radius 3 is 1.15 bits per heavy atom. The lowest BCUT2D eigenvalue weighted by molar-refractivity contribution is 0.703. The predicted octanol–water partition coefficient (Wildman–Crippen LogP) is 14.4. The third-order valence-electron chi connectivity index (χ3n) is 12.9. The van der Waals surface area contributed by atoms with Crippen LogP contribution in [0.2, 0.25) is 0 Å². The number of allylic oxidation sites excluding steroid dienone is 5. The number of rotatable bonds is 6. The average molecular weight is 700 g/mol. The first-order chi connectivity index (χ1) is 25.9. The van der Waals surface area contributed by atoms with Crippen molar-refractivity contribution in [3.05, 3.63) is 196 Å². The molecule has 6 aromatic carbocycles. The fourth-order valence-electron chi connectivity index (χ4n) is 10.2. The zero-order valence-corrected chi connectivity index (χ0v) is 32.9. The Balaban J connectivity index is 1.11. The van der Waals surface area contributed by atoms with E-state index < -0.39 is 0 Å². The maximum absolute atomic E-state index is 2.41. The Hall–Kier alpha value is -5.66. The number of nitrogens with zero attached hydrogens (tertiary/aromatic N) is 1. The second-order valence-corrected chi connectivity index (χ2v) is 17.1. The van der Waals surface area contributed by atoms with Crippen molar-refractivity contribution >= 4 is 51.0 Å². The molecule has 3 aliphatic rings. The van der Waals surface area contributed by atoms with Crippen molar-refractivity contribution in [1.29, 1.82) is 0 Å². The summed E-state index contributed by atoms with van der Waals surface area (Å²) in [4.78, 5) is 2.41. The van der Waals surface area contributed by atoms with Gasteiger partial charge in [0.15, 0.2) is 0 Å². The summed E-state index contributed by atoms with van der Waals surface area (Å²) in [5, 5.41) is 0. The van der Waals surface area contributed by atoms with E-state index in [0.717, 1.165) is 17.1 Å². The molecule has 0 saturated heterocycles. The molecular weight excluding hydrogens is 651 g/mol. The van der Waals surface area contributed by atoms with Crippen LogP contribution in [0.3, 0.4) is 0 Å². The summed E-state index contributed by atoms with van der Waals surface area (Å²) >= 11 is 0. The van der Waals surface area contributed by atoms with Gasteiger partial charge in [0.2, 0.25) is 0 Å². The molecule has 0 radical (unpaired) electrons. The molecule has 0 spiro atoms. The van der Waals surface area contributed by atoms with E-state index in [0.29, 0.717) is 0 Å². The summed E-state index contributed by atoms with van der Waals surface area (Å²) in [7, 11) is 0. The molecule has 0 fully saturated rings. The van der Waals surface area contributed by atoms with Gasteiger partial charge in [-0.1, -0.05) is 151 Å². The fourth-order valence-corrected chi connectivity index (χ4v) is 10.2. The van der Waals surface area contributed by atoms with Gasteiger partial charge < -0.3 is 4.90 Å². The molecule has 9 rings (SSSR count). The zero-order chi connectivity index (χ0) is 37.6.